The van der Waals surface area contributed by atoms with Crippen LogP contribution in [0.1, 0.15) is 43.1 Å². The zero-order chi connectivity index (χ0) is 17.5. The summed E-state index contributed by atoms with van der Waals surface area (Å²) in [6.45, 7) is 5.79. The first-order chi connectivity index (χ1) is 10.7. The number of alkyl carbamates (subject to hydrolysis) is 1. The van der Waals surface area contributed by atoms with Crippen LogP contribution in [0.3, 0.4) is 0 Å². The Morgan fingerprint density at radius 1 is 1.30 bits per heavy atom. The molecular formula is C17H23NO5. The first-order valence-electron chi connectivity index (χ1n) is 7.27. The van der Waals surface area contributed by atoms with Gasteiger partial charge in [0.25, 0.3) is 0 Å². The van der Waals surface area contributed by atoms with Crippen LogP contribution < -0.4 is 10.1 Å². The fourth-order valence-corrected chi connectivity index (χ4v) is 1.77. The van der Waals surface area contributed by atoms with E-state index in [1.807, 2.05) is 0 Å². The third-order valence-corrected chi connectivity index (χ3v) is 2.77. The maximum atomic E-state index is 11.5. The SMILES string of the molecule is COc1ccc(C=CCCNC(=O)OC(C)(C)C)c(C(=O)O)c1. The van der Waals surface area contributed by atoms with Gasteiger partial charge in [-0.2, -0.15) is 0 Å². The monoisotopic (exact) mass is 321 g/mol. The molecule has 0 radical (unpaired) electrons. The van der Waals surface area contributed by atoms with Crippen LogP contribution in [0.25, 0.3) is 6.08 Å². The Morgan fingerprint density at radius 3 is 2.57 bits per heavy atom. The summed E-state index contributed by atoms with van der Waals surface area (Å²) in [7, 11) is 1.48. The van der Waals surface area contributed by atoms with E-state index in [9.17, 15) is 14.7 Å². The zero-order valence-electron chi connectivity index (χ0n) is 13.9. The third-order valence-electron chi connectivity index (χ3n) is 2.77. The lowest BCUT2D eigenvalue weighted by atomic mass is 10.1. The van der Waals surface area contributed by atoms with Gasteiger partial charge < -0.3 is 19.9 Å². The topological polar surface area (TPSA) is 84.9 Å². The van der Waals surface area contributed by atoms with Crippen LogP contribution in [0.2, 0.25) is 0 Å². The van der Waals surface area contributed by atoms with Gasteiger partial charge in [-0.3, -0.25) is 0 Å². The number of benzene rings is 1. The standard InChI is InChI=1S/C17H23NO5/c1-17(2,3)23-16(21)18-10-6-5-7-12-8-9-13(22-4)11-14(12)15(19)20/h5,7-9,11H,6,10H2,1-4H3,(H,18,21)(H,19,20). The molecule has 0 atom stereocenters. The van der Waals surface area contributed by atoms with E-state index < -0.39 is 17.7 Å². The fourth-order valence-electron chi connectivity index (χ4n) is 1.77. The van der Waals surface area contributed by atoms with Crippen molar-refractivity contribution >= 4 is 18.1 Å². The predicted molar refractivity (Wildman–Crippen MR) is 87.8 cm³/mol. The van der Waals surface area contributed by atoms with Gasteiger partial charge in [0.2, 0.25) is 0 Å². The minimum Gasteiger partial charge on any atom is -0.497 e. The van der Waals surface area contributed by atoms with Crippen LogP contribution in [0, 0.1) is 0 Å². The molecule has 0 aromatic heterocycles. The highest BCUT2D eigenvalue weighted by Gasteiger charge is 2.15. The number of aromatic carboxylic acids is 1. The van der Waals surface area contributed by atoms with Crippen molar-refractivity contribution in [2.24, 2.45) is 0 Å². The van der Waals surface area contributed by atoms with E-state index in [0.717, 1.165) is 0 Å². The Balaban J connectivity index is 2.55. The van der Waals surface area contributed by atoms with Crippen molar-refractivity contribution in [1.82, 2.24) is 5.32 Å². The maximum Gasteiger partial charge on any atom is 0.407 e. The highest BCUT2D eigenvalue weighted by atomic mass is 16.6. The van der Waals surface area contributed by atoms with Gasteiger partial charge in [-0.15, -0.1) is 0 Å². The lowest BCUT2D eigenvalue weighted by Crippen LogP contribution is -2.32. The molecule has 6 nitrogen and oxygen atoms in total. The second-order valence-corrected chi connectivity index (χ2v) is 5.88. The number of nitrogens with one attached hydrogen (secondary N) is 1. The highest BCUT2D eigenvalue weighted by molar-refractivity contribution is 5.92. The molecule has 0 saturated heterocycles. The summed E-state index contributed by atoms with van der Waals surface area (Å²) in [5.74, 6) is -0.526. The Bertz CT molecular complexity index is 587. The number of carbonyl (C=O) groups excluding carboxylic acids is 1. The summed E-state index contributed by atoms with van der Waals surface area (Å²) < 4.78 is 10.1. The number of ether oxygens (including phenoxy) is 2. The fraction of sp³-hybridized carbons (Fsp3) is 0.412. The highest BCUT2D eigenvalue weighted by Crippen LogP contribution is 2.19. The summed E-state index contributed by atoms with van der Waals surface area (Å²) in [5.41, 5.74) is 0.218. The predicted octanol–water partition coefficient (Wildman–Crippen LogP) is 3.32. The number of carboxylic acid groups (broad SMARTS) is 1. The summed E-state index contributed by atoms with van der Waals surface area (Å²) in [6.07, 6.45) is 3.59. The van der Waals surface area contributed by atoms with Gasteiger partial charge in [0.05, 0.1) is 12.7 Å². The van der Waals surface area contributed by atoms with Gasteiger partial charge in [0.1, 0.15) is 11.4 Å². The number of carboxylic acids is 1. The quantitative estimate of drug-likeness (QED) is 0.785. The van der Waals surface area contributed by atoms with Crippen molar-refractivity contribution in [2.75, 3.05) is 13.7 Å². The largest absolute Gasteiger partial charge is 0.497 e. The van der Waals surface area contributed by atoms with Crippen LogP contribution in [-0.2, 0) is 4.74 Å². The van der Waals surface area contributed by atoms with Crippen molar-refractivity contribution in [3.8, 4) is 5.75 Å². The molecule has 1 amide bonds. The minimum atomic E-state index is -1.02. The molecule has 1 aromatic carbocycles. The Labute approximate surface area is 136 Å². The lowest BCUT2D eigenvalue weighted by molar-refractivity contribution is 0.0528. The van der Waals surface area contributed by atoms with Gasteiger partial charge >= 0.3 is 12.1 Å². The van der Waals surface area contributed by atoms with Gasteiger partial charge in [-0.1, -0.05) is 18.2 Å². The van der Waals surface area contributed by atoms with Crippen LogP contribution in [-0.4, -0.2) is 36.4 Å². The lowest BCUT2D eigenvalue weighted by Gasteiger charge is -2.19. The number of carbonyl (C=O) groups is 2. The first kappa shape index (κ1) is 18.5. The van der Waals surface area contributed by atoms with Crippen molar-refractivity contribution in [1.29, 1.82) is 0 Å². The number of hydrogen-bond acceptors (Lipinski definition) is 4. The Hall–Kier alpha value is -2.50. The molecule has 0 unspecified atom stereocenters. The molecule has 1 aromatic rings. The molecule has 126 valence electrons. The summed E-state index contributed by atoms with van der Waals surface area (Å²) in [6, 6.07) is 4.85. The van der Waals surface area contributed by atoms with Crippen molar-refractivity contribution in [2.45, 2.75) is 32.8 Å². The van der Waals surface area contributed by atoms with E-state index >= 15 is 0 Å². The number of amides is 1. The number of rotatable bonds is 6. The van der Waals surface area contributed by atoms with Gasteiger partial charge in [0.15, 0.2) is 0 Å². The summed E-state index contributed by atoms with van der Waals surface area (Å²) >= 11 is 0. The van der Waals surface area contributed by atoms with E-state index in [2.05, 4.69) is 5.32 Å². The molecule has 0 spiro atoms. The normalized spacial score (nSPS) is 11.3. The molecule has 23 heavy (non-hydrogen) atoms. The van der Waals surface area contributed by atoms with E-state index in [1.165, 1.54) is 13.2 Å². The number of hydrogen-bond donors (Lipinski definition) is 2. The van der Waals surface area contributed by atoms with Crippen molar-refractivity contribution in [3.63, 3.8) is 0 Å². The summed E-state index contributed by atoms with van der Waals surface area (Å²) in [5, 5.41) is 11.8. The van der Waals surface area contributed by atoms with Crippen molar-refractivity contribution in [3.05, 3.63) is 35.4 Å². The van der Waals surface area contributed by atoms with Gasteiger partial charge in [-0.25, -0.2) is 9.59 Å². The Morgan fingerprint density at radius 2 is 2.00 bits per heavy atom. The van der Waals surface area contributed by atoms with E-state index in [-0.39, 0.29) is 5.56 Å². The van der Waals surface area contributed by atoms with E-state index in [4.69, 9.17) is 9.47 Å². The van der Waals surface area contributed by atoms with E-state index in [1.54, 1.807) is 45.1 Å². The molecule has 0 bridgehead atoms. The number of methoxy groups -OCH3 is 1. The average molecular weight is 321 g/mol. The van der Waals surface area contributed by atoms with Gasteiger partial charge in [-0.05, 0) is 44.9 Å². The third kappa shape index (κ3) is 6.86. The molecule has 0 heterocycles. The van der Waals surface area contributed by atoms with E-state index in [0.29, 0.717) is 24.3 Å². The molecule has 0 aliphatic heterocycles. The smallest absolute Gasteiger partial charge is 0.407 e. The summed E-state index contributed by atoms with van der Waals surface area (Å²) in [4.78, 5) is 22.7. The van der Waals surface area contributed by atoms with Crippen LogP contribution in [0.4, 0.5) is 4.79 Å². The average Bonchev–Trinajstić information content (AvgIpc) is 2.45. The minimum absolute atomic E-state index is 0.167. The van der Waals surface area contributed by atoms with Crippen LogP contribution >= 0.6 is 0 Å². The van der Waals surface area contributed by atoms with Crippen LogP contribution in [0.15, 0.2) is 24.3 Å². The molecule has 2 N–H and O–H groups in total. The molecule has 0 aliphatic rings. The molecule has 6 heteroatoms. The molecular weight excluding hydrogens is 298 g/mol. The Kier molecular flexibility index (Phi) is 6.63. The van der Waals surface area contributed by atoms with Gasteiger partial charge in [0, 0.05) is 6.54 Å². The van der Waals surface area contributed by atoms with Crippen molar-refractivity contribution < 1.29 is 24.2 Å². The second-order valence-electron chi connectivity index (χ2n) is 5.88. The first-order valence-corrected chi connectivity index (χ1v) is 7.27. The molecule has 0 fully saturated rings. The molecule has 1 rings (SSSR count). The molecule has 0 aliphatic carbocycles. The zero-order valence-corrected chi connectivity index (χ0v) is 13.9. The maximum absolute atomic E-state index is 11.5. The van der Waals surface area contributed by atoms with Crippen LogP contribution in [0.5, 0.6) is 5.75 Å². The second kappa shape index (κ2) is 8.22. The molecule has 0 saturated carbocycles.